The fourth-order valence-electron chi connectivity index (χ4n) is 2.30. The maximum absolute atomic E-state index is 5.89. The Kier molecular flexibility index (Phi) is 3.25. The number of rotatable bonds is 2. The Hall–Kier alpha value is -1.81. The average Bonchev–Trinajstić information content (AvgIpc) is 2.42. The second kappa shape index (κ2) is 5.05. The number of ether oxygens (including phenoxy) is 1. The van der Waals surface area contributed by atoms with Crippen LogP contribution in [0.5, 0.6) is 11.6 Å². The summed E-state index contributed by atoms with van der Waals surface area (Å²) < 4.78 is 5.83. The maximum atomic E-state index is 5.89. The predicted molar refractivity (Wildman–Crippen MR) is 74.6 cm³/mol. The van der Waals surface area contributed by atoms with Crippen molar-refractivity contribution in [3.63, 3.8) is 0 Å². The summed E-state index contributed by atoms with van der Waals surface area (Å²) in [6.45, 7) is 0. The van der Waals surface area contributed by atoms with Crippen LogP contribution in [-0.2, 0) is 12.8 Å². The van der Waals surface area contributed by atoms with E-state index in [2.05, 4.69) is 9.97 Å². The molecule has 0 amide bonds. The van der Waals surface area contributed by atoms with Gasteiger partial charge in [0.15, 0.2) is 5.75 Å². The molecule has 0 fully saturated rings. The number of benzene rings is 1. The van der Waals surface area contributed by atoms with Crippen molar-refractivity contribution < 1.29 is 4.74 Å². The van der Waals surface area contributed by atoms with E-state index in [-0.39, 0.29) is 0 Å². The van der Waals surface area contributed by atoms with Gasteiger partial charge >= 0.3 is 0 Å². The second-order valence-corrected chi connectivity index (χ2v) is 5.03. The van der Waals surface area contributed by atoms with Gasteiger partial charge in [0.1, 0.15) is 6.33 Å². The molecule has 1 aromatic carbocycles. The van der Waals surface area contributed by atoms with Crippen molar-refractivity contribution >= 4 is 17.3 Å². The topological polar surface area (TPSA) is 61.0 Å². The molecule has 1 aliphatic carbocycles. The first kappa shape index (κ1) is 12.2. The van der Waals surface area contributed by atoms with Gasteiger partial charge < -0.3 is 10.5 Å². The van der Waals surface area contributed by atoms with Gasteiger partial charge in [-0.1, -0.05) is 11.6 Å². The van der Waals surface area contributed by atoms with E-state index in [1.807, 2.05) is 0 Å². The number of halogens is 1. The van der Waals surface area contributed by atoms with Crippen LogP contribution in [0.2, 0.25) is 5.02 Å². The predicted octanol–water partition coefficient (Wildman–Crippen LogP) is 3.38. The highest BCUT2D eigenvalue weighted by Crippen LogP contribution is 2.33. The van der Waals surface area contributed by atoms with Crippen LogP contribution in [0.25, 0.3) is 0 Å². The van der Waals surface area contributed by atoms with Gasteiger partial charge in [0.25, 0.3) is 0 Å². The van der Waals surface area contributed by atoms with Gasteiger partial charge in [-0.05, 0) is 43.9 Å². The van der Waals surface area contributed by atoms with E-state index in [9.17, 15) is 0 Å². The lowest BCUT2D eigenvalue weighted by molar-refractivity contribution is 0.449. The van der Waals surface area contributed by atoms with Gasteiger partial charge in [-0.25, -0.2) is 9.97 Å². The molecule has 0 spiro atoms. The van der Waals surface area contributed by atoms with Crippen LogP contribution in [-0.4, -0.2) is 9.97 Å². The molecule has 1 aromatic heterocycles. The van der Waals surface area contributed by atoms with Crippen LogP contribution >= 0.6 is 11.6 Å². The van der Waals surface area contributed by atoms with Gasteiger partial charge in [0.2, 0.25) is 5.88 Å². The summed E-state index contributed by atoms with van der Waals surface area (Å²) in [5, 5.41) is 0.592. The SMILES string of the molecule is Nc1cc(Cl)ccc1Oc1ncnc2c1CCCC2. The molecule has 19 heavy (non-hydrogen) atoms. The molecule has 1 heterocycles. The highest BCUT2D eigenvalue weighted by Gasteiger charge is 2.17. The summed E-state index contributed by atoms with van der Waals surface area (Å²) in [6.07, 6.45) is 5.81. The van der Waals surface area contributed by atoms with Crippen LogP contribution < -0.4 is 10.5 Å². The number of nitrogen functional groups attached to an aromatic ring is 1. The number of nitrogens with two attached hydrogens (primary N) is 1. The smallest absolute Gasteiger partial charge is 0.225 e. The molecule has 98 valence electrons. The van der Waals surface area contributed by atoms with Crippen molar-refractivity contribution in [2.75, 3.05) is 5.73 Å². The normalized spacial score (nSPS) is 13.9. The maximum Gasteiger partial charge on any atom is 0.225 e. The van der Waals surface area contributed by atoms with E-state index in [4.69, 9.17) is 22.1 Å². The first-order chi connectivity index (χ1) is 9.24. The number of hydrogen-bond donors (Lipinski definition) is 1. The Balaban J connectivity index is 1.95. The number of nitrogens with zero attached hydrogens (tertiary/aromatic N) is 2. The molecule has 2 aromatic rings. The third kappa shape index (κ3) is 2.49. The van der Waals surface area contributed by atoms with Gasteiger partial charge in [0, 0.05) is 10.6 Å². The molecule has 0 bridgehead atoms. The Morgan fingerprint density at radius 3 is 2.84 bits per heavy atom. The summed E-state index contributed by atoms with van der Waals surface area (Å²) in [4.78, 5) is 8.54. The fourth-order valence-corrected chi connectivity index (χ4v) is 2.48. The van der Waals surface area contributed by atoms with Crippen molar-refractivity contribution in [1.29, 1.82) is 0 Å². The molecule has 4 nitrogen and oxygen atoms in total. The van der Waals surface area contributed by atoms with Crippen molar-refractivity contribution in [2.24, 2.45) is 0 Å². The molecular weight excluding hydrogens is 262 g/mol. The molecular formula is C14H14ClN3O. The molecule has 0 atom stereocenters. The van der Waals surface area contributed by atoms with Crippen molar-refractivity contribution in [3.8, 4) is 11.6 Å². The zero-order valence-corrected chi connectivity index (χ0v) is 11.2. The molecule has 2 N–H and O–H groups in total. The largest absolute Gasteiger partial charge is 0.436 e. The highest BCUT2D eigenvalue weighted by atomic mass is 35.5. The Bertz CT molecular complexity index is 616. The quantitative estimate of drug-likeness (QED) is 0.854. The third-order valence-corrected chi connectivity index (χ3v) is 3.50. The van der Waals surface area contributed by atoms with E-state index in [0.29, 0.717) is 22.3 Å². The Morgan fingerprint density at radius 2 is 2.00 bits per heavy atom. The van der Waals surface area contributed by atoms with Crippen molar-refractivity contribution in [3.05, 3.63) is 40.8 Å². The van der Waals surface area contributed by atoms with Crippen molar-refractivity contribution in [2.45, 2.75) is 25.7 Å². The standard InChI is InChI=1S/C14H14ClN3O/c15-9-5-6-13(11(16)7-9)19-14-10-3-1-2-4-12(10)17-8-18-14/h5-8H,1-4,16H2. The van der Waals surface area contributed by atoms with E-state index >= 15 is 0 Å². The number of aryl methyl sites for hydroxylation is 1. The number of aromatic nitrogens is 2. The fraction of sp³-hybridized carbons (Fsp3) is 0.286. The Morgan fingerprint density at radius 1 is 1.16 bits per heavy atom. The molecule has 0 saturated carbocycles. The minimum absolute atomic E-state index is 0.510. The minimum atomic E-state index is 0.510. The van der Waals surface area contributed by atoms with E-state index < -0.39 is 0 Å². The highest BCUT2D eigenvalue weighted by molar-refractivity contribution is 6.30. The van der Waals surface area contributed by atoms with Gasteiger partial charge in [0.05, 0.1) is 11.4 Å². The van der Waals surface area contributed by atoms with Crippen molar-refractivity contribution in [1.82, 2.24) is 9.97 Å². The zero-order chi connectivity index (χ0) is 13.2. The number of anilines is 1. The first-order valence-electron chi connectivity index (χ1n) is 6.29. The molecule has 0 saturated heterocycles. The monoisotopic (exact) mass is 275 g/mol. The number of fused-ring (bicyclic) bond motifs is 1. The summed E-state index contributed by atoms with van der Waals surface area (Å²) in [7, 11) is 0. The summed E-state index contributed by atoms with van der Waals surface area (Å²) >= 11 is 5.87. The molecule has 1 aliphatic rings. The van der Waals surface area contributed by atoms with Gasteiger partial charge in [-0.3, -0.25) is 0 Å². The average molecular weight is 276 g/mol. The van der Waals surface area contributed by atoms with E-state index in [1.54, 1.807) is 24.5 Å². The molecule has 3 rings (SSSR count). The van der Waals surface area contributed by atoms with Crippen LogP contribution in [0.3, 0.4) is 0 Å². The molecule has 0 radical (unpaired) electrons. The molecule has 0 unspecified atom stereocenters. The number of hydrogen-bond acceptors (Lipinski definition) is 4. The first-order valence-corrected chi connectivity index (χ1v) is 6.67. The van der Waals surface area contributed by atoms with Gasteiger partial charge in [-0.15, -0.1) is 0 Å². The van der Waals surface area contributed by atoms with E-state index in [1.165, 1.54) is 6.42 Å². The minimum Gasteiger partial charge on any atom is -0.436 e. The summed E-state index contributed by atoms with van der Waals surface area (Å²) in [5.74, 6) is 1.19. The molecule has 0 aliphatic heterocycles. The summed E-state index contributed by atoms with van der Waals surface area (Å²) in [5.41, 5.74) is 8.59. The Labute approximate surface area is 116 Å². The van der Waals surface area contributed by atoms with Crippen LogP contribution in [0.1, 0.15) is 24.1 Å². The lowest BCUT2D eigenvalue weighted by Crippen LogP contribution is -2.08. The van der Waals surface area contributed by atoms with Crippen LogP contribution in [0.4, 0.5) is 5.69 Å². The zero-order valence-electron chi connectivity index (χ0n) is 10.4. The lowest BCUT2D eigenvalue weighted by Gasteiger charge is -2.17. The third-order valence-electron chi connectivity index (χ3n) is 3.26. The molecule has 5 heteroatoms. The van der Waals surface area contributed by atoms with Crippen LogP contribution in [0.15, 0.2) is 24.5 Å². The van der Waals surface area contributed by atoms with Gasteiger partial charge in [-0.2, -0.15) is 0 Å². The second-order valence-electron chi connectivity index (χ2n) is 4.60. The van der Waals surface area contributed by atoms with E-state index in [0.717, 1.165) is 30.5 Å². The summed E-state index contributed by atoms with van der Waals surface area (Å²) in [6, 6.07) is 5.18. The van der Waals surface area contributed by atoms with Crippen LogP contribution in [0, 0.1) is 0 Å². The lowest BCUT2D eigenvalue weighted by atomic mass is 9.97.